The minimum absolute atomic E-state index is 0.355. The van der Waals surface area contributed by atoms with Gasteiger partial charge in [0.05, 0.1) is 10.7 Å². The molecule has 2 rings (SSSR count). The first kappa shape index (κ1) is 10.8. The zero-order valence-electron chi connectivity index (χ0n) is 8.90. The summed E-state index contributed by atoms with van der Waals surface area (Å²) in [4.78, 5) is 4.16. The van der Waals surface area contributed by atoms with Crippen molar-refractivity contribution in [1.29, 1.82) is 5.41 Å². The molecule has 0 aliphatic heterocycles. The fraction of sp³-hybridized carbons (Fsp3) is 0.200. The molecule has 0 saturated heterocycles. The van der Waals surface area contributed by atoms with Crippen LogP contribution < -0.4 is 0 Å². The molecule has 82 valence electrons. The van der Waals surface area contributed by atoms with Crippen molar-refractivity contribution in [2.24, 2.45) is 7.05 Å². The van der Waals surface area contributed by atoms with E-state index < -0.39 is 0 Å². The van der Waals surface area contributed by atoms with Crippen molar-refractivity contribution in [3.05, 3.63) is 29.2 Å². The Balaban J connectivity index is 2.58. The largest absolute Gasteiger partial charge is 0.308 e. The number of rotatable bonds is 2. The van der Waals surface area contributed by atoms with Crippen LogP contribution in [0.2, 0.25) is 5.02 Å². The van der Waals surface area contributed by atoms with E-state index in [0.29, 0.717) is 28.1 Å². The molecule has 0 unspecified atom stereocenters. The quantitative estimate of drug-likeness (QED) is 0.809. The minimum atomic E-state index is 0.355. The maximum Gasteiger partial charge on any atom is 0.184 e. The monoisotopic (exact) mass is 235 g/mol. The highest BCUT2D eigenvalue weighted by atomic mass is 35.5. The summed E-state index contributed by atoms with van der Waals surface area (Å²) < 4.78 is 1.70. The first-order valence-corrected chi connectivity index (χ1v) is 5.05. The fourth-order valence-electron chi connectivity index (χ4n) is 1.41. The van der Waals surface area contributed by atoms with Gasteiger partial charge in [-0.25, -0.2) is 0 Å². The van der Waals surface area contributed by atoms with Crippen molar-refractivity contribution in [2.75, 3.05) is 0 Å². The lowest BCUT2D eigenvalue weighted by molar-refractivity contribution is 0.897. The summed E-state index contributed by atoms with van der Waals surface area (Å²) in [6.07, 6.45) is 1.65. The fourth-order valence-corrected chi connectivity index (χ4v) is 1.62. The van der Waals surface area contributed by atoms with Crippen molar-refractivity contribution in [2.45, 2.75) is 6.92 Å². The number of halogens is 1. The van der Waals surface area contributed by atoms with Crippen molar-refractivity contribution < 1.29 is 0 Å². The summed E-state index contributed by atoms with van der Waals surface area (Å²) in [6.45, 7) is 1.66. The molecule has 0 bridgehead atoms. The normalized spacial score (nSPS) is 10.4. The summed E-state index contributed by atoms with van der Waals surface area (Å²) in [7, 11) is 1.79. The molecule has 0 atom stereocenters. The van der Waals surface area contributed by atoms with Crippen LogP contribution in [-0.2, 0) is 7.05 Å². The minimum Gasteiger partial charge on any atom is -0.308 e. The van der Waals surface area contributed by atoms with E-state index in [1.165, 1.54) is 0 Å². The summed E-state index contributed by atoms with van der Waals surface area (Å²) >= 11 is 6.02. The van der Waals surface area contributed by atoms with Gasteiger partial charge in [-0.15, -0.1) is 10.2 Å². The molecule has 0 saturated carbocycles. The smallest absolute Gasteiger partial charge is 0.184 e. The molecule has 0 aliphatic carbocycles. The van der Waals surface area contributed by atoms with E-state index in [1.54, 1.807) is 36.9 Å². The number of hydrogen-bond acceptors (Lipinski definition) is 4. The van der Waals surface area contributed by atoms with Crippen LogP contribution >= 0.6 is 11.6 Å². The lowest BCUT2D eigenvalue weighted by Crippen LogP contribution is -2.04. The maximum atomic E-state index is 7.53. The van der Waals surface area contributed by atoms with Crippen molar-refractivity contribution >= 4 is 17.3 Å². The number of pyridine rings is 1. The van der Waals surface area contributed by atoms with Gasteiger partial charge in [0.1, 0.15) is 5.69 Å². The average Bonchev–Trinajstić information content (AvgIpc) is 2.61. The van der Waals surface area contributed by atoms with Gasteiger partial charge >= 0.3 is 0 Å². The predicted octanol–water partition coefficient (Wildman–Crippen LogP) is 1.92. The number of nitrogens with zero attached hydrogens (tertiary/aromatic N) is 4. The SMILES string of the molecule is CC(=N)c1nnc(-c2ncccc2Cl)n1C. The lowest BCUT2D eigenvalue weighted by Gasteiger charge is -2.03. The van der Waals surface area contributed by atoms with Gasteiger partial charge in [-0.3, -0.25) is 4.98 Å². The summed E-state index contributed by atoms with van der Waals surface area (Å²) in [5.41, 5.74) is 0.931. The third kappa shape index (κ3) is 1.69. The van der Waals surface area contributed by atoms with Crippen molar-refractivity contribution in [1.82, 2.24) is 19.7 Å². The van der Waals surface area contributed by atoms with Crippen molar-refractivity contribution in [3.8, 4) is 11.5 Å². The van der Waals surface area contributed by atoms with Crippen LogP contribution in [0.15, 0.2) is 18.3 Å². The second-order valence-electron chi connectivity index (χ2n) is 3.37. The van der Waals surface area contributed by atoms with Gasteiger partial charge in [0.25, 0.3) is 0 Å². The zero-order chi connectivity index (χ0) is 11.7. The van der Waals surface area contributed by atoms with E-state index in [4.69, 9.17) is 17.0 Å². The average molecular weight is 236 g/mol. The Morgan fingerprint density at radius 2 is 2.19 bits per heavy atom. The second kappa shape index (κ2) is 4.02. The summed E-state index contributed by atoms with van der Waals surface area (Å²) in [5, 5.41) is 16.0. The van der Waals surface area contributed by atoms with Crippen LogP contribution in [0.3, 0.4) is 0 Å². The first-order chi connectivity index (χ1) is 7.61. The van der Waals surface area contributed by atoms with E-state index in [9.17, 15) is 0 Å². The van der Waals surface area contributed by atoms with Gasteiger partial charge in [-0.2, -0.15) is 0 Å². The van der Waals surface area contributed by atoms with E-state index in [2.05, 4.69) is 15.2 Å². The molecule has 0 amide bonds. The highest BCUT2D eigenvalue weighted by Crippen LogP contribution is 2.23. The summed E-state index contributed by atoms with van der Waals surface area (Å²) in [6, 6.07) is 3.50. The third-order valence-corrected chi connectivity index (χ3v) is 2.49. The van der Waals surface area contributed by atoms with Gasteiger partial charge in [-0.05, 0) is 19.1 Å². The molecular weight excluding hydrogens is 226 g/mol. The van der Waals surface area contributed by atoms with E-state index in [0.717, 1.165) is 0 Å². The van der Waals surface area contributed by atoms with E-state index in [1.807, 2.05) is 0 Å². The Labute approximate surface area is 97.6 Å². The maximum absolute atomic E-state index is 7.53. The third-order valence-electron chi connectivity index (χ3n) is 2.18. The molecule has 5 nitrogen and oxygen atoms in total. The molecular formula is C10H10ClN5. The molecule has 1 N–H and O–H groups in total. The Bertz CT molecular complexity index is 546. The Morgan fingerprint density at radius 1 is 1.44 bits per heavy atom. The first-order valence-electron chi connectivity index (χ1n) is 4.67. The van der Waals surface area contributed by atoms with Crippen LogP contribution in [0.1, 0.15) is 12.7 Å². The Hall–Kier alpha value is -1.75. The Kier molecular flexibility index (Phi) is 2.70. The standard InChI is InChI=1S/C10H10ClN5/c1-6(12)9-14-15-10(16(9)2)8-7(11)4-3-5-13-8/h3-5,12H,1-2H3. The van der Waals surface area contributed by atoms with Crippen LogP contribution in [0.4, 0.5) is 0 Å². The number of nitrogens with one attached hydrogen (secondary N) is 1. The van der Waals surface area contributed by atoms with Gasteiger partial charge < -0.3 is 9.98 Å². The zero-order valence-corrected chi connectivity index (χ0v) is 9.65. The van der Waals surface area contributed by atoms with E-state index in [-0.39, 0.29) is 0 Å². The van der Waals surface area contributed by atoms with Gasteiger partial charge in [-0.1, -0.05) is 11.6 Å². The highest BCUT2D eigenvalue weighted by molar-refractivity contribution is 6.32. The molecule has 0 aliphatic rings. The molecule has 2 heterocycles. The molecule has 2 aromatic heterocycles. The van der Waals surface area contributed by atoms with Gasteiger partial charge in [0, 0.05) is 13.2 Å². The predicted molar refractivity (Wildman–Crippen MR) is 61.7 cm³/mol. The number of hydrogen-bond donors (Lipinski definition) is 1. The Morgan fingerprint density at radius 3 is 2.75 bits per heavy atom. The highest BCUT2D eigenvalue weighted by Gasteiger charge is 2.15. The van der Waals surface area contributed by atoms with E-state index >= 15 is 0 Å². The molecule has 0 spiro atoms. The lowest BCUT2D eigenvalue weighted by atomic mass is 10.3. The van der Waals surface area contributed by atoms with Crippen LogP contribution in [0.25, 0.3) is 11.5 Å². The topological polar surface area (TPSA) is 67.5 Å². The molecule has 2 aromatic rings. The van der Waals surface area contributed by atoms with Crippen molar-refractivity contribution in [3.63, 3.8) is 0 Å². The van der Waals surface area contributed by atoms with Crippen LogP contribution in [0.5, 0.6) is 0 Å². The molecule has 0 radical (unpaired) electrons. The second-order valence-corrected chi connectivity index (χ2v) is 3.77. The molecule has 0 fully saturated rings. The number of aromatic nitrogens is 4. The van der Waals surface area contributed by atoms with Gasteiger partial charge in [0.2, 0.25) is 0 Å². The molecule has 0 aromatic carbocycles. The molecule has 16 heavy (non-hydrogen) atoms. The van der Waals surface area contributed by atoms with Crippen LogP contribution in [0, 0.1) is 5.41 Å². The van der Waals surface area contributed by atoms with Gasteiger partial charge in [0.15, 0.2) is 11.6 Å². The van der Waals surface area contributed by atoms with Crippen LogP contribution in [-0.4, -0.2) is 25.5 Å². The summed E-state index contributed by atoms with van der Waals surface area (Å²) in [5.74, 6) is 1.07. The molecule has 6 heteroatoms.